The van der Waals surface area contributed by atoms with Crippen LogP contribution in [0.4, 0.5) is 39.7 Å². The van der Waals surface area contributed by atoms with E-state index in [1.807, 2.05) is 0 Å². The van der Waals surface area contributed by atoms with Gasteiger partial charge in [0.15, 0.2) is 5.82 Å². The van der Waals surface area contributed by atoms with Crippen LogP contribution in [-0.4, -0.2) is 93.3 Å². The number of amides is 8. The molecule has 0 saturated carbocycles. The molecular formula is C42H35F4N9O8. The van der Waals surface area contributed by atoms with E-state index < -0.39 is 65.2 Å². The molecule has 1 unspecified atom stereocenters. The van der Waals surface area contributed by atoms with Crippen LogP contribution in [-0.2, 0) is 25.4 Å². The number of carbonyl (C=O) groups excluding carboxylic acids is 7. The average molecular weight is 870 g/mol. The van der Waals surface area contributed by atoms with Crippen molar-refractivity contribution in [3.63, 3.8) is 0 Å². The maximum Gasteiger partial charge on any atom is 0.416 e. The van der Waals surface area contributed by atoms with E-state index in [4.69, 9.17) is 4.74 Å². The molecule has 0 radical (unpaired) electrons. The first-order valence-electron chi connectivity index (χ1n) is 19.4. The fraction of sp³-hybridized carbons (Fsp3) is 0.286. The highest BCUT2D eigenvalue weighted by atomic mass is 19.4. The van der Waals surface area contributed by atoms with Crippen molar-refractivity contribution >= 4 is 58.8 Å². The summed E-state index contributed by atoms with van der Waals surface area (Å²) in [7, 11) is 0. The van der Waals surface area contributed by atoms with Gasteiger partial charge in [0.1, 0.15) is 35.2 Å². The molecular weight excluding hydrogens is 835 g/mol. The minimum atomic E-state index is -4.74. The number of ether oxygens (including phenoxy) is 1. The molecule has 3 N–H and O–H groups in total. The van der Waals surface area contributed by atoms with Crippen molar-refractivity contribution in [3.8, 4) is 17.6 Å². The smallest absolute Gasteiger partial charge is 0.416 e. The second kappa shape index (κ2) is 18.1. The van der Waals surface area contributed by atoms with E-state index in [-0.39, 0.29) is 84.7 Å². The molecule has 2 atom stereocenters. The quantitative estimate of drug-likeness (QED) is 0.0804. The van der Waals surface area contributed by atoms with Crippen LogP contribution in [0.5, 0.6) is 5.75 Å². The molecule has 2 saturated heterocycles. The average Bonchev–Trinajstić information content (AvgIpc) is 3.75. The molecule has 3 aliphatic heterocycles. The van der Waals surface area contributed by atoms with Gasteiger partial charge in [-0.2, -0.15) is 13.2 Å². The Morgan fingerprint density at radius 1 is 0.937 bits per heavy atom. The highest BCUT2D eigenvalue weighted by molar-refractivity contribution is 6.23. The summed E-state index contributed by atoms with van der Waals surface area (Å²) in [5.74, 6) is 1.43. The number of benzene rings is 2. The molecule has 5 heterocycles. The van der Waals surface area contributed by atoms with Gasteiger partial charge in [-0.1, -0.05) is 5.92 Å². The Kier molecular flexibility index (Phi) is 12.4. The highest BCUT2D eigenvalue weighted by Gasteiger charge is 2.45. The number of hydrogen-bond acceptors (Lipinski definition) is 11. The molecule has 324 valence electrons. The largest absolute Gasteiger partial charge is 0.494 e. The minimum Gasteiger partial charge on any atom is -0.494 e. The van der Waals surface area contributed by atoms with Gasteiger partial charge in [0.05, 0.1) is 29.8 Å². The molecule has 7 rings (SSSR count). The number of rotatable bonds is 12. The monoisotopic (exact) mass is 869 g/mol. The lowest BCUT2D eigenvalue weighted by atomic mass is 10.0. The summed E-state index contributed by atoms with van der Waals surface area (Å²) in [6.07, 6.45) is -3.74. The number of nitrogens with one attached hydrogen (secondary N) is 3. The fourth-order valence-electron chi connectivity index (χ4n) is 7.00. The zero-order valence-corrected chi connectivity index (χ0v) is 33.1. The van der Waals surface area contributed by atoms with Crippen molar-refractivity contribution in [1.29, 1.82) is 0 Å². The van der Waals surface area contributed by atoms with E-state index in [1.54, 1.807) is 0 Å². The first-order valence-corrected chi connectivity index (χ1v) is 19.4. The van der Waals surface area contributed by atoms with Gasteiger partial charge in [-0.05, 0) is 98.8 Å². The molecule has 63 heavy (non-hydrogen) atoms. The number of unbranched alkanes of at least 4 members (excludes halogenated alkanes) is 1. The maximum atomic E-state index is 14.0. The molecule has 0 spiro atoms. The molecule has 21 heteroatoms. The van der Waals surface area contributed by atoms with Crippen LogP contribution in [0.15, 0.2) is 66.7 Å². The van der Waals surface area contributed by atoms with Gasteiger partial charge in [0, 0.05) is 30.8 Å². The minimum absolute atomic E-state index is 0.00527. The highest BCUT2D eigenvalue weighted by Crippen LogP contribution is 2.34. The Labute approximate surface area is 355 Å². The number of aromatic nitrogens is 3. The number of nitrogens with zero attached hydrogens (tertiary/aromatic N) is 6. The number of carbonyl (C=O) groups is 7. The predicted octanol–water partition coefficient (Wildman–Crippen LogP) is 3.91. The third-order valence-electron chi connectivity index (χ3n) is 10.0. The van der Waals surface area contributed by atoms with Crippen LogP contribution in [0.1, 0.15) is 69.8 Å². The number of piperidine rings is 1. The van der Waals surface area contributed by atoms with Crippen molar-refractivity contribution < 1.29 is 55.9 Å². The van der Waals surface area contributed by atoms with Gasteiger partial charge < -0.3 is 15.4 Å². The Hall–Kier alpha value is -7.76. The summed E-state index contributed by atoms with van der Waals surface area (Å²) in [5, 5.41) is 15.2. The molecule has 8 amide bonds. The number of hydrogen-bond donors (Lipinski definition) is 3. The molecule has 3 aliphatic rings. The van der Waals surface area contributed by atoms with Gasteiger partial charge in [0.25, 0.3) is 17.7 Å². The number of fused-ring (bicyclic) bond motifs is 1. The number of alkyl halides is 3. The standard InChI is InChI=1S/C42H35F4N9O8/c1-23-19-24(42(44,45)46)20-34(48-23)54-32(22-47-41(54)62)40(61)53(27-10-7-25(43)8-11-27)17-4-5-26-9-15-33(52-51-26)49-35(56)6-2-3-18-63-28-12-13-29-30(21-28)39(60)55(38(29)59)31-14-16-36(57)50-37(31)58/h7-13,15,19-21,31-32H,2-3,6,14,16-18,22H2,1H3,(H,47,62)(H,49,52,56)(H,50,57,58)/t31?,32-/m0/s1. The van der Waals surface area contributed by atoms with Crippen LogP contribution in [0, 0.1) is 24.6 Å². The van der Waals surface area contributed by atoms with Gasteiger partial charge in [-0.25, -0.2) is 14.2 Å². The zero-order chi connectivity index (χ0) is 45.0. The lowest BCUT2D eigenvalue weighted by Gasteiger charge is -2.28. The SMILES string of the molecule is Cc1cc(C(F)(F)F)cc(N2C(=O)NC[C@H]2C(=O)N(CC#Cc2ccc(NC(=O)CCCCOc3ccc4c(c3)C(=O)N(C3CCC(=O)NC3=O)C4=O)nn2)c2ccc(F)cc2)n1. The lowest BCUT2D eigenvalue weighted by molar-refractivity contribution is -0.138. The van der Waals surface area contributed by atoms with E-state index in [0.717, 1.165) is 32.9 Å². The molecule has 0 bridgehead atoms. The molecule has 2 aromatic heterocycles. The topological polar surface area (TPSA) is 213 Å². The van der Waals surface area contributed by atoms with E-state index in [9.17, 15) is 51.1 Å². The summed E-state index contributed by atoms with van der Waals surface area (Å²) < 4.78 is 60.4. The Morgan fingerprint density at radius 2 is 1.70 bits per heavy atom. The number of aryl methyl sites for hydroxylation is 1. The van der Waals surface area contributed by atoms with E-state index in [2.05, 4.69) is 43.0 Å². The van der Waals surface area contributed by atoms with Crippen molar-refractivity contribution in [2.45, 2.75) is 57.3 Å². The first kappa shape index (κ1) is 43.3. The molecule has 2 aromatic carbocycles. The van der Waals surface area contributed by atoms with Crippen molar-refractivity contribution in [1.82, 2.24) is 30.7 Å². The third-order valence-corrected chi connectivity index (χ3v) is 10.0. The van der Waals surface area contributed by atoms with Crippen molar-refractivity contribution in [3.05, 3.63) is 101 Å². The zero-order valence-electron chi connectivity index (χ0n) is 33.1. The van der Waals surface area contributed by atoms with Crippen LogP contribution in [0.3, 0.4) is 0 Å². The summed E-state index contributed by atoms with van der Waals surface area (Å²) in [4.78, 5) is 96.2. The molecule has 4 aromatic rings. The summed E-state index contributed by atoms with van der Waals surface area (Å²) in [6.45, 7) is 0.940. The second-order valence-electron chi connectivity index (χ2n) is 14.4. The van der Waals surface area contributed by atoms with Gasteiger partial charge in [-0.3, -0.25) is 48.8 Å². The lowest BCUT2D eigenvalue weighted by Crippen LogP contribution is -2.54. The normalized spacial score (nSPS) is 17.1. The molecule has 17 nitrogen and oxygen atoms in total. The van der Waals surface area contributed by atoms with Crippen molar-refractivity contribution in [2.75, 3.05) is 34.8 Å². The maximum absolute atomic E-state index is 14.0. The van der Waals surface area contributed by atoms with Crippen LogP contribution < -0.4 is 30.5 Å². The van der Waals surface area contributed by atoms with Gasteiger partial charge >= 0.3 is 12.2 Å². The number of imide groups is 2. The molecule has 2 fully saturated rings. The second-order valence-corrected chi connectivity index (χ2v) is 14.4. The fourth-order valence-corrected chi connectivity index (χ4v) is 7.00. The van der Waals surface area contributed by atoms with E-state index in [1.165, 1.54) is 49.4 Å². The number of urea groups is 1. The van der Waals surface area contributed by atoms with Gasteiger partial charge in [-0.15, -0.1) is 10.2 Å². The number of anilines is 3. The van der Waals surface area contributed by atoms with Crippen LogP contribution in [0.2, 0.25) is 0 Å². The first-order chi connectivity index (χ1) is 30.1. The molecule has 0 aliphatic carbocycles. The Bertz CT molecular complexity index is 2580. The number of pyridine rings is 1. The van der Waals surface area contributed by atoms with Crippen molar-refractivity contribution in [2.24, 2.45) is 0 Å². The van der Waals surface area contributed by atoms with E-state index in [0.29, 0.717) is 24.7 Å². The summed E-state index contributed by atoms with van der Waals surface area (Å²) in [5.41, 5.74) is -0.532. The summed E-state index contributed by atoms with van der Waals surface area (Å²) in [6, 6.07) is 10.4. The summed E-state index contributed by atoms with van der Waals surface area (Å²) >= 11 is 0. The number of halogens is 4. The Morgan fingerprint density at radius 3 is 2.41 bits per heavy atom. The van der Waals surface area contributed by atoms with Crippen LogP contribution in [0.25, 0.3) is 0 Å². The van der Waals surface area contributed by atoms with Crippen LogP contribution >= 0.6 is 0 Å². The van der Waals surface area contributed by atoms with Gasteiger partial charge in [0.2, 0.25) is 17.7 Å². The Balaban J connectivity index is 0.910. The van der Waals surface area contributed by atoms with E-state index >= 15 is 0 Å². The third kappa shape index (κ3) is 9.75. The predicted molar refractivity (Wildman–Crippen MR) is 212 cm³/mol.